The minimum atomic E-state index is -0.217. The van der Waals surface area contributed by atoms with Crippen molar-refractivity contribution in [2.75, 3.05) is 6.54 Å². The Morgan fingerprint density at radius 2 is 1.48 bits per heavy atom. The van der Waals surface area contributed by atoms with E-state index in [1.54, 1.807) is 6.26 Å². The molecule has 0 amide bonds. The van der Waals surface area contributed by atoms with E-state index in [4.69, 9.17) is 4.74 Å². The molecule has 0 atom stereocenters. The lowest BCUT2D eigenvalue weighted by atomic mass is 9.82. The van der Waals surface area contributed by atoms with Crippen molar-refractivity contribution < 1.29 is 9.53 Å². The van der Waals surface area contributed by atoms with Gasteiger partial charge in [0.15, 0.2) is 0 Å². The van der Waals surface area contributed by atoms with Gasteiger partial charge in [0.25, 0.3) is 0 Å². The maximum absolute atomic E-state index is 11.3. The van der Waals surface area contributed by atoms with Crippen molar-refractivity contribution in [3.8, 4) is 0 Å². The van der Waals surface area contributed by atoms with Crippen LogP contribution in [0.15, 0.2) is 72.5 Å². The van der Waals surface area contributed by atoms with Crippen LogP contribution in [0, 0.1) is 5.92 Å². The average molecular weight is 420 g/mol. The molecule has 0 radical (unpaired) electrons. The molecule has 2 aromatic rings. The summed E-state index contributed by atoms with van der Waals surface area (Å²) in [5.74, 6) is 0.378. The van der Waals surface area contributed by atoms with Gasteiger partial charge in [0.2, 0.25) is 0 Å². The van der Waals surface area contributed by atoms with Crippen molar-refractivity contribution in [2.24, 2.45) is 5.92 Å². The van der Waals surface area contributed by atoms with Crippen LogP contribution in [-0.2, 0) is 22.6 Å². The molecule has 0 bridgehead atoms. The van der Waals surface area contributed by atoms with Gasteiger partial charge in [-0.3, -0.25) is 9.69 Å². The van der Waals surface area contributed by atoms with Crippen LogP contribution in [-0.4, -0.2) is 17.4 Å². The first kappa shape index (κ1) is 23.3. The Bertz CT molecular complexity index is 753. The molecule has 0 aromatic heterocycles. The van der Waals surface area contributed by atoms with E-state index in [1.807, 2.05) is 0 Å². The van der Waals surface area contributed by atoms with Gasteiger partial charge in [0.05, 0.1) is 6.26 Å². The number of unbranched alkanes of at least 4 members (excludes halogenated alkanes) is 1. The van der Waals surface area contributed by atoms with Crippen LogP contribution in [0.4, 0.5) is 0 Å². The van der Waals surface area contributed by atoms with Crippen LogP contribution < -0.4 is 0 Å². The third kappa shape index (κ3) is 8.70. The summed E-state index contributed by atoms with van der Waals surface area (Å²) in [7, 11) is 0. The summed E-state index contributed by atoms with van der Waals surface area (Å²) in [5, 5.41) is 0. The van der Waals surface area contributed by atoms with E-state index < -0.39 is 0 Å². The predicted molar refractivity (Wildman–Crippen MR) is 127 cm³/mol. The average Bonchev–Trinajstić information content (AvgIpc) is 2.80. The van der Waals surface area contributed by atoms with Gasteiger partial charge in [-0.15, -0.1) is 0 Å². The highest BCUT2D eigenvalue weighted by atomic mass is 16.5. The summed E-state index contributed by atoms with van der Waals surface area (Å²) < 4.78 is 5.28. The summed E-state index contributed by atoms with van der Waals surface area (Å²) in [4.78, 5) is 13.9. The van der Waals surface area contributed by atoms with Crippen molar-refractivity contribution >= 4 is 5.97 Å². The zero-order valence-electron chi connectivity index (χ0n) is 19.0. The topological polar surface area (TPSA) is 29.5 Å². The van der Waals surface area contributed by atoms with Gasteiger partial charge in [0.1, 0.15) is 0 Å². The van der Waals surface area contributed by atoms with Gasteiger partial charge in [-0.2, -0.15) is 0 Å². The predicted octanol–water partition coefficient (Wildman–Crippen LogP) is 6.89. The number of carbonyl (C=O) groups is 1. The first-order valence-corrected chi connectivity index (χ1v) is 11.9. The Balaban J connectivity index is 1.55. The van der Waals surface area contributed by atoms with Gasteiger partial charge in [0, 0.05) is 20.0 Å². The molecule has 3 rings (SSSR count). The minimum Gasteiger partial charge on any atom is -0.435 e. The van der Waals surface area contributed by atoms with Crippen LogP contribution in [0.3, 0.4) is 0 Å². The molecule has 0 aliphatic heterocycles. The molecule has 166 valence electrons. The molecule has 1 aliphatic rings. The van der Waals surface area contributed by atoms with Crippen LogP contribution in [0.5, 0.6) is 0 Å². The minimum absolute atomic E-state index is 0.217. The van der Waals surface area contributed by atoms with Crippen molar-refractivity contribution in [3.63, 3.8) is 0 Å². The zero-order valence-corrected chi connectivity index (χ0v) is 19.0. The van der Waals surface area contributed by atoms with E-state index in [0.29, 0.717) is 5.92 Å². The van der Waals surface area contributed by atoms with Crippen molar-refractivity contribution in [2.45, 2.75) is 71.4 Å². The fraction of sp³-hybridized carbons (Fsp3) is 0.464. The number of hydrogen-bond donors (Lipinski definition) is 0. The van der Waals surface area contributed by atoms with Gasteiger partial charge in [-0.1, -0.05) is 79.9 Å². The molecular formula is C28H37NO2. The van der Waals surface area contributed by atoms with Crippen LogP contribution >= 0.6 is 0 Å². The number of allylic oxidation sites excluding steroid dienone is 1. The second-order valence-corrected chi connectivity index (χ2v) is 8.78. The Labute approximate surface area is 188 Å². The summed E-state index contributed by atoms with van der Waals surface area (Å²) in [5.41, 5.74) is 4.06. The third-order valence-electron chi connectivity index (χ3n) is 6.19. The maximum atomic E-state index is 11.3. The summed E-state index contributed by atoms with van der Waals surface area (Å²) >= 11 is 0. The van der Waals surface area contributed by atoms with Crippen molar-refractivity contribution in [1.29, 1.82) is 0 Å². The summed E-state index contributed by atoms with van der Waals surface area (Å²) in [6.07, 6.45) is 11.5. The number of ether oxygens (including phenoxy) is 1. The first-order valence-electron chi connectivity index (χ1n) is 11.9. The lowest BCUT2D eigenvalue weighted by molar-refractivity contribution is -0.135. The molecule has 3 nitrogen and oxygen atoms in total. The van der Waals surface area contributed by atoms with Gasteiger partial charge < -0.3 is 4.74 Å². The molecule has 31 heavy (non-hydrogen) atoms. The molecule has 3 heteroatoms. The van der Waals surface area contributed by atoms with Crippen LogP contribution in [0.25, 0.3) is 0 Å². The molecule has 1 aliphatic carbocycles. The highest BCUT2D eigenvalue weighted by molar-refractivity contribution is 5.66. The standard InChI is InChI=1S/C28H37NO2/c1-24(30)31-23-28(27-17-9-4-10-18-27)19-11-12-20-29(21-25-13-5-2-6-14-25)22-26-15-7-3-8-16-26/h2-3,5-8,13-16,23,27H,4,9-12,17-22H2,1H3/b28-23-. The Kier molecular flexibility index (Phi) is 9.85. The smallest absolute Gasteiger partial charge is 0.307 e. The molecule has 1 saturated carbocycles. The third-order valence-corrected chi connectivity index (χ3v) is 6.19. The summed E-state index contributed by atoms with van der Waals surface area (Å²) in [6, 6.07) is 21.5. The van der Waals surface area contributed by atoms with Crippen molar-refractivity contribution in [3.05, 3.63) is 83.6 Å². The Morgan fingerprint density at radius 3 is 2.03 bits per heavy atom. The van der Waals surface area contributed by atoms with E-state index in [1.165, 1.54) is 55.7 Å². The van der Waals surface area contributed by atoms with Crippen LogP contribution in [0.2, 0.25) is 0 Å². The first-order chi connectivity index (χ1) is 15.2. The van der Waals surface area contributed by atoms with E-state index >= 15 is 0 Å². The molecule has 0 spiro atoms. The normalized spacial score (nSPS) is 15.2. The van der Waals surface area contributed by atoms with Gasteiger partial charge >= 0.3 is 5.97 Å². The van der Waals surface area contributed by atoms with Gasteiger partial charge in [-0.05, 0) is 61.3 Å². The lowest BCUT2D eigenvalue weighted by Crippen LogP contribution is -2.24. The SMILES string of the molecule is CC(=O)O/C=C(/CCCCN(Cc1ccccc1)Cc1ccccc1)C1CCCCC1. The number of nitrogens with zero attached hydrogens (tertiary/aromatic N) is 1. The van der Waals surface area contributed by atoms with Crippen LogP contribution in [0.1, 0.15) is 69.4 Å². The Morgan fingerprint density at radius 1 is 0.903 bits per heavy atom. The highest BCUT2D eigenvalue weighted by Crippen LogP contribution is 2.32. The van der Waals surface area contributed by atoms with E-state index in [0.717, 1.165) is 38.9 Å². The molecule has 1 fully saturated rings. The quantitative estimate of drug-likeness (QED) is 0.226. The fourth-order valence-corrected chi connectivity index (χ4v) is 4.55. The van der Waals surface area contributed by atoms with E-state index in [2.05, 4.69) is 65.6 Å². The fourth-order valence-electron chi connectivity index (χ4n) is 4.55. The number of carbonyl (C=O) groups excluding carboxylic acids is 1. The monoisotopic (exact) mass is 419 g/mol. The Hall–Kier alpha value is -2.39. The van der Waals surface area contributed by atoms with Gasteiger partial charge in [-0.25, -0.2) is 0 Å². The molecule has 0 N–H and O–H groups in total. The highest BCUT2D eigenvalue weighted by Gasteiger charge is 2.18. The molecule has 0 heterocycles. The lowest BCUT2D eigenvalue weighted by Gasteiger charge is -2.25. The van der Waals surface area contributed by atoms with E-state index in [-0.39, 0.29) is 5.97 Å². The second kappa shape index (κ2) is 13.1. The maximum Gasteiger partial charge on any atom is 0.307 e. The number of hydrogen-bond acceptors (Lipinski definition) is 3. The molecule has 0 unspecified atom stereocenters. The number of esters is 1. The number of rotatable bonds is 11. The van der Waals surface area contributed by atoms with Crippen molar-refractivity contribution in [1.82, 2.24) is 4.90 Å². The second-order valence-electron chi connectivity index (χ2n) is 8.78. The largest absolute Gasteiger partial charge is 0.435 e. The molecule has 2 aromatic carbocycles. The number of benzene rings is 2. The molecular weight excluding hydrogens is 382 g/mol. The molecule has 0 saturated heterocycles. The van der Waals surface area contributed by atoms with E-state index in [9.17, 15) is 4.79 Å². The summed E-state index contributed by atoms with van der Waals surface area (Å²) in [6.45, 7) is 4.48. The zero-order chi connectivity index (χ0) is 21.7.